The molecular weight excluding hydrogens is 285 g/mol. The van der Waals surface area contributed by atoms with Crippen LogP contribution in [-0.2, 0) is 15.0 Å². The molecule has 2 fully saturated rings. The number of carbonyl (C=O) groups excluding carboxylic acids is 1. The molecule has 2 aliphatic rings. The Morgan fingerprint density at radius 3 is 2.18 bits per heavy atom. The molecule has 3 rings (SSSR count). The molecule has 118 valence electrons. The van der Waals surface area contributed by atoms with E-state index in [1.807, 2.05) is 0 Å². The van der Waals surface area contributed by atoms with Crippen LogP contribution in [0.15, 0.2) is 24.3 Å². The van der Waals surface area contributed by atoms with E-state index in [1.54, 1.807) is 12.1 Å². The van der Waals surface area contributed by atoms with Gasteiger partial charge in [0.1, 0.15) is 11.2 Å². The highest BCUT2D eigenvalue weighted by molar-refractivity contribution is 6.04. The topological polar surface area (TPSA) is 66.4 Å². The summed E-state index contributed by atoms with van der Waals surface area (Å²) < 4.78 is 13.1. The van der Waals surface area contributed by atoms with Crippen molar-refractivity contribution in [2.45, 2.75) is 43.9 Å². The van der Waals surface area contributed by atoms with Crippen molar-refractivity contribution in [1.29, 1.82) is 0 Å². The van der Waals surface area contributed by atoms with E-state index in [0.29, 0.717) is 19.4 Å². The van der Waals surface area contributed by atoms with Crippen molar-refractivity contribution in [2.24, 2.45) is 5.41 Å². The lowest BCUT2D eigenvalue weighted by Crippen LogP contribution is -2.44. The van der Waals surface area contributed by atoms with Crippen LogP contribution in [0.3, 0.4) is 0 Å². The number of carbonyl (C=O) groups is 2. The number of carboxylic acids is 1. The fourth-order valence-corrected chi connectivity index (χ4v) is 3.50. The van der Waals surface area contributed by atoms with Crippen LogP contribution in [-0.4, -0.2) is 23.5 Å². The molecule has 0 unspecified atom stereocenters. The van der Waals surface area contributed by atoms with Crippen molar-refractivity contribution < 1.29 is 19.1 Å². The fraction of sp³-hybridized carbons (Fsp3) is 0.529. The normalized spacial score (nSPS) is 21.3. The molecule has 0 bridgehead atoms. The predicted molar refractivity (Wildman–Crippen MR) is 78.9 cm³/mol. The van der Waals surface area contributed by atoms with E-state index >= 15 is 0 Å². The first-order chi connectivity index (χ1) is 10.5. The van der Waals surface area contributed by atoms with Crippen LogP contribution in [0.1, 0.15) is 44.1 Å². The van der Waals surface area contributed by atoms with Crippen LogP contribution < -0.4 is 5.32 Å². The minimum Gasteiger partial charge on any atom is -0.480 e. The molecule has 2 saturated carbocycles. The molecule has 1 aromatic rings. The molecule has 0 saturated heterocycles. The van der Waals surface area contributed by atoms with E-state index < -0.39 is 11.4 Å². The average Bonchev–Trinajstić information content (AvgIpc) is 3.19. The van der Waals surface area contributed by atoms with Crippen LogP contribution in [0.4, 0.5) is 4.39 Å². The summed E-state index contributed by atoms with van der Waals surface area (Å²) in [5.41, 5.74) is -0.382. The lowest BCUT2D eigenvalue weighted by atomic mass is 9.78. The van der Waals surface area contributed by atoms with Gasteiger partial charge >= 0.3 is 5.97 Å². The van der Waals surface area contributed by atoms with E-state index in [0.717, 1.165) is 31.2 Å². The van der Waals surface area contributed by atoms with Gasteiger partial charge in [-0.15, -0.1) is 0 Å². The Morgan fingerprint density at radius 2 is 1.68 bits per heavy atom. The Labute approximate surface area is 128 Å². The minimum absolute atomic E-state index is 0.196. The number of benzene rings is 1. The van der Waals surface area contributed by atoms with Gasteiger partial charge in [-0.25, -0.2) is 4.39 Å². The Hall–Kier alpha value is -1.91. The highest BCUT2D eigenvalue weighted by Crippen LogP contribution is 2.47. The van der Waals surface area contributed by atoms with E-state index in [2.05, 4.69) is 5.32 Å². The molecule has 2 N–H and O–H groups in total. The van der Waals surface area contributed by atoms with Crippen LogP contribution in [0.5, 0.6) is 0 Å². The molecule has 1 amide bonds. The Morgan fingerprint density at radius 1 is 1.09 bits per heavy atom. The van der Waals surface area contributed by atoms with Crippen molar-refractivity contribution in [3.8, 4) is 0 Å². The number of aliphatic carboxylic acids is 1. The zero-order valence-electron chi connectivity index (χ0n) is 12.4. The first kappa shape index (κ1) is 15.0. The number of carboxylic acid groups (broad SMARTS) is 1. The molecule has 5 heteroatoms. The van der Waals surface area contributed by atoms with E-state index in [-0.39, 0.29) is 17.1 Å². The third kappa shape index (κ3) is 2.49. The number of amides is 1. The standard InChI is InChI=1S/C17H20FNO3/c18-13-5-3-12(4-6-13)16(7-1-2-8-16)11-19-14(20)17(9-10-17)15(21)22/h3-6H,1-2,7-11H2,(H,19,20)(H,21,22). The van der Waals surface area contributed by atoms with Crippen LogP contribution >= 0.6 is 0 Å². The largest absolute Gasteiger partial charge is 0.480 e. The van der Waals surface area contributed by atoms with Gasteiger partial charge in [-0.3, -0.25) is 9.59 Å². The second-order valence-corrected chi connectivity index (χ2v) is 6.56. The lowest BCUT2D eigenvalue weighted by molar-refractivity contribution is -0.149. The maximum atomic E-state index is 13.1. The van der Waals surface area contributed by atoms with Crippen LogP contribution in [0.25, 0.3) is 0 Å². The highest BCUT2D eigenvalue weighted by Gasteiger charge is 2.57. The molecular formula is C17H20FNO3. The summed E-state index contributed by atoms with van der Waals surface area (Å²) in [4.78, 5) is 23.4. The molecule has 0 spiro atoms. The minimum atomic E-state index is -1.21. The number of nitrogens with one attached hydrogen (secondary N) is 1. The smallest absolute Gasteiger partial charge is 0.319 e. The van der Waals surface area contributed by atoms with Crippen molar-refractivity contribution >= 4 is 11.9 Å². The molecule has 0 heterocycles. The maximum Gasteiger partial charge on any atom is 0.319 e. The molecule has 0 radical (unpaired) electrons. The molecule has 1 aromatic carbocycles. The van der Waals surface area contributed by atoms with Gasteiger partial charge in [0.25, 0.3) is 0 Å². The van der Waals surface area contributed by atoms with Crippen molar-refractivity contribution in [3.05, 3.63) is 35.6 Å². The van der Waals surface area contributed by atoms with Crippen molar-refractivity contribution in [1.82, 2.24) is 5.32 Å². The summed E-state index contributed by atoms with van der Waals surface area (Å²) in [5.74, 6) is -1.69. The lowest BCUT2D eigenvalue weighted by Gasteiger charge is -2.30. The third-order valence-electron chi connectivity index (χ3n) is 5.20. The summed E-state index contributed by atoms with van der Waals surface area (Å²) in [6.07, 6.45) is 4.82. The summed E-state index contributed by atoms with van der Waals surface area (Å²) in [6, 6.07) is 6.43. The quantitative estimate of drug-likeness (QED) is 0.822. The Kier molecular flexibility index (Phi) is 3.67. The Balaban J connectivity index is 1.74. The fourth-order valence-electron chi connectivity index (χ4n) is 3.50. The molecule has 0 atom stereocenters. The van der Waals surface area contributed by atoms with Crippen molar-refractivity contribution in [2.75, 3.05) is 6.54 Å². The molecule has 4 nitrogen and oxygen atoms in total. The van der Waals surface area contributed by atoms with E-state index in [1.165, 1.54) is 12.1 Å². The summed E-state index contributed by atoms with van der Waals surface area (Å²) in [5, 5.41) is 12.0. The number of halogens is 1. The first-order valence-electron chi connectivity index (χ1n) is 7.76. The van der Waals surface area contributed by atoms with Gasteiger partial charge in [0.2, 0.25) is 5.91 Å². The molecule has 2 aliphatic carbocycles. The van der Waals surface area contributed by atoms with Crippen LogP contribution in [0, 0.1) is 11.2 Å². The van der Waals surface area contributed by atoms with E-state index in [9.17, 15) is 19.1 Å². The molecule has 22 heavy (non-hydrogen) atoms. The monoisotopic (exact) mass is 305 g/mol. The van der Waals surface area contributed by atoms with Gasteiger partial charge in [-0.1, -0.05) is 25.0 Å². The zero-order chi connectivity index (χ0) is 15.8. The number of rotatable bonds is 5. The number of hydrogen-bond acceptors (Lipinski definition) is 2. The highest BCUT2D eigenvalue weighted by atomic mass is 19.1. The molecule has 0 aromatic heterocycles. The van der Waals surface area contributed by atoms with Gasteiger partial charge in [-0.05, 0) is 43.4 Å². The Bertz CT molecular complexity index is 586. The zero-order valence-corrected chi connectivity index (χ0v) is 12.4. The molecule has 0 aliphatic heterocycles. The maximum absolute atomic E-state index is 13.1. The third-order valence-corrected chi connectivity index (χ3v) is 5.20. The van der Waals surface area contributed by atoms with Crippen molar-refractivity contribution in [3.63, 3.8) is 0 Å². The van der Waals surface area contributed by atoms with Gasteiger partial charge in [0, 0.05) is 12.0 Å². The first-order valence-corrected chi connectivity index (χ1v) is 7.76. The second-order valence-electron chi connectivity index (χ2n) is 6.56. The number of hydrogen-bond donors (Lipinski definition) is 2. The van der Waals surface area contributed by atoms with Gasteiger partial charge in [-0.2, -0.15) is 0 Å². The summed E-state index contributed by atoms with van der Waals surface area (Å²) in [6.45, 7) is 0.423. The SMILES string of the molecule is O=C(O)C1(C(=O)NCC2(c3ccc(F)cc3)CCCC2)CC1. The second kappa shape index (κ2) is 5.38. The predicted octanol–water partition coefficient (Wildman–Crippen LogP) is 2.62. The van der Waals surface area contributed by atoms with E-state index in [4.69, 9.17) is 0 Å². The van der Waals surface area contributed by atoms with Gasteiger partial charge < -0.3 is 10.4 Å². The summed E-state index contributed by atoms with van der Waals surface area (Å²) >= 11 is 0. The van der Waals surface area contributed by atoms with Gasteiger partial charge in [0.15, 0.2) is 0 Å². The van der Waals surface area contributed by atoms with Gasteiger partial charge in [0.05, 0.1) is 0 Å². The van der Waals surface area contributed by atoms with Crippen LogP contribution in [0.2, 0.25) is 0 Å². The summed E-state index contributed by atoms with van der Waals surface area (Å²) in [7, 11) is 0. The average molecular weight is 305 g/mol.